The lowest BCUT2D eigenvalue weighted by Crippen LogP contribution is -2.35. The van der Waals surface area contributed by atoms with Gasteiger partial charge in [0.1, 0.15) is 0 Å². The summed E-state index contributed by atoms with van der Waals surface area (Å²) in [5.74, 6) is -0.0967. The topological polar surface area (TPSA) is 41.1 Å². The molecule has 5 heteroatoms. The molecule has 15 heavy (non-hydrogen) atoms. The lowest BCUT2D eigenvalue weighted by atomic mass is 10.2. The number of carbonyl (C=O) groups is 1. The monoisotopic (exact) mass is 338 g/mol. The quantitative estimate of drug-likeness (QED) is 0.832. The van der Waals surface area contributed by atoms with E-state index < -0.39 is 0 Å². The number of benzene rings is 1. The molecule has 0 saturated heterocycles. The van der Waals surface area contributed by atoms with E-state index in [1.807, 2.05) is 12.1 Å². The fourth-order valence-corrected chi connectivity index (χ4v) is 1.87. The zero-order chi connectivity index (χ0) is 11.4. The Morgan fingerprint density at radius 3 is 2.73 bits per heavy atom. The van der Waals surface area contributed by atoms with E-state index in [9.17, 15) is 4.79 Å². The minimum Gasteiger partial charge on any atom is -0.323 e. The van der Waals surface area contributed by atoms with Gasteiger partial charge in [0, 0.05) is 3.57 Å². The highest BCUT2D eigenvalue weighted by Crippen LogP contribution is 2.23. The zero-order valence-corrected chi connectivity index (χ0v) is 11.4. The third kappa shape index (κ3) is 3.62. The molecule has 1 rings (SSSR count). The van der Waals surface area contributed by atoms with Gasteiger partial charge in [0.25, 0.3) is 0 Å². The van der Waals surface area contributed by atoms with Crippen LogP contribution in [0.3, 0.4) is 0 Å². The third-order valence-corrected chi connectivity index (χ3v) is 3.00. The summed E-state index contributed by atoms with van der Waals surface area (Å²) in [7, 11) is 1.74. The number of rotatable bonds is 3. The molecule has 0 heterocycles. The molecular formula is C10H12ClIN2O. The van der Waals surface area contributed by atoms with Crippen LogP contribution >= 0.6 is 34.2 Å². The highest BCUT2D eigenvalue weighted by molar-refractivity contribution is 14.1. The second kappa shape index (κ2) is 5.67. The third-order valence-electron chi connectivity index (χ3n) is 2.02. The molecule has 0 fully saturated rings. The number of likely N-dealkylation sites (N-methyl/N-ethyl adjacent to an activating group) is 1. The molecule has 1 atom stereocenters. The molecule has 2 N–H and O–H groups in total. The minimum absolute atomic E-state index is 0.0967. The summed E-state index contributed by atoms with van der Waals surface area (Å²) in [5.41, 5.74) is 0.643. The van der Waals surface area contributed by atoms with Gasteiger partial charge in [-0.2, -0.15) is 0 Å². The molecule has 0 radical (unpaired) electrons. The Kier molecular flexibility index (Phi) is 4.82. The van der Waals surface area contributed by atoms with E-state index in [-0.39, 0.29) is 11.9 Å². The maximum Gasteiger partial charge on any atom is 0.241 e. The van der Waals surface area contributed by atoms with Crippen LogP contribution < -0.4 is 10.6 Å². The molecule has 0 spiro atoms. The summed E-state index contributed by atoms with van der Waals surface area (Å²) in [5, 5.41) is 6.16. The SMILES string of the molecule is CNC(C)C(=O)Nc1ccc(I)cc1Cl. The number of halogens is 2. The van der Waals surface area contributed by atoms with Crippen molar-refractivity contribution >= 4 is 45.8 Å². The molecular weight excluding hydrogens is 326 g/mol. The van der Waals surface area contributed by atoms with Gasteiger partial charge in [-0.25, -0.2) is 0 Å². The first kappa shape index (κ1) is 12.7. The predicted molar refractivity (Wildman–Crippen MR) is 71.3 cm³/mol. The van der Waals surface area contributed by atoms with Crippen LogP contribution in [0, 0.1) is 3.57 Å². The minimum atomic E-state index is -0.236. The van der Waals surface area contributed by atoms with Crippen LogP contribution in [0.4, 0.5) is 5.69 Å². The molecule has 1 unspecified atom stereocenters. The summed E-state index contributed by atoms with van der Waals surface area (Å²) in [6.07, 6.45) is 0. The summed E-state index contributed by atoms with van der Waals surface area (Å²) in [6.45, 7) is 1.79. The van der Waals surface area contributed by atoms with Crippen molar-refractivity contribution in [3.8, 4) is 0 Å². The van der Waals surface area contributed by atoms with Crippen molar-refractivity contribution in [2.24, 2.45) is 0 Å². The second-order valence-electron chi connectivity index (χ2n) is 3.12. The van der Waals surface area contributed by atoms with Gasteiger partial charge < -0.3 is 10.6 Å². The van der Waals surface area contributed by atoms with E-state index in [1.54, 1.807) is 20.0 Å². The van der Waals surface area contributed by atoms with E-state index in [0.29, 0.717) is 10.7 Å². The second-order valence-corrected chi connectivity index (χ2v) is 4.78. The van der Waals surface area contributed by atoms with Crippen molar-refractivity contribution in [2.45, 2.75) is 13.0 Å². The average molecular weight is 339 g/mol. The van der Waals surface area contributed by atoms with Gasteiger partial charge in [0.05, 0.1) is 16.8 Å². The van der Waals surface area contributed by atoms with Crippen LogP contribution in [0.5, 0.6) is 0 Å². The van der Waals surface area contributed by atoms with Crippen LogP contribution in [0.15, 0.2) is 18.2 Å². The van der Waals surface area contributed by atoms with Gasteiger partial charge in [-0.3, -0.25) is 4.79 Å². The van der Waals surface area contributed by atoms with Gasteiger partial charge >= 0.3 is 0 Å². The number of amides is 1. The molecule has 0 aliphatic heterocycles. The standard InChI is InChI=1S/C10H12ClIN2O/c1-6(13-2)10(15)14-9-4-3-7(12)5-8(9)11/h3-6,13H,1-2H3,(H,14,15). The van der Waals surface area contributed by atoms with Crippen molar-refractivity contribution in [3.05, 3.63) is 26.8 Å². The first-order chi connectivity index (χ1) is 7.04. The Morgan fingerprint density at radius 1 is 1.53 bits per heavy atom. The molecule has 82 valence electrons. The summed E-state index contributed by atoms with van der Waals surface area (Å²) >= 11 is 8.15. The van der Waals surface area contributed by atoms with E-state index in [2.05, 4.69) is 33.2 Å². The van der Waals surface area contributed by atoms with E-state index in [1.165, 1.54) is 0 Å². The smallest absolute Gasteiger partial charge is 0.241 e. The molecule has 1 aromatic carbocycles. The van der Waals surface area contributed by atoms with Crippen LogP contribution in [0.1, 0.15) is 6.92 Å². The van der Waals surface area contributed by atoms with Crippen LogP contribution in [-0.2, 0) is 4.79 Å². The maximum absolute atomic E-state index is 11.5. The van der Waals surface area contributed by atoms with Gasteiger partial charge in [-0.05, 0) is 54.8 Å². The molecule has 0 aromatic heterocycles. The number of anilines is 1. The first-order valence-electron chi connectivity index (χ1n) is 4.47. The van der Waals surface area contributed by atoms with Gasteiger partial charge in [0.2, 0.25) is 5.91 Å². The Labute approximate surface area is 108 Å². The van der Waals surface area contributed by atoms with Gasteiger partial charge in [0.15, 0.2) is 0 Å². The summed E-state index contributed by atoms with van der Waals surface area (Å²) in [4.78, 5) is 11.5. The maximum atomic E-state index is 11.5. The van der Waals surface area contributed by atoms with Gasteiger partial charge in [-0.15, -0.1) is 0 Å². The van der Waals surface area contributed by atoms with E-state index in [4.69, 9.17) is 11.6 Å². The van der Waals surface area contributed by atoms with Crippen molar-refractivity contribution < 1.29 is 4.79 Å². The molecule has 3 nitrogen and oxygen atoms in total. The zero-order valence-electron chi connectivity index (χ0n) is 8.47. The Bertz CT molecular complexity index is 370. The number of hydrogen-bond acceptors (Lipinski definition) is 2. The number of carbonyl (C=O) groups excluding carboxylic acids is 1. The normalized spacial score (nSPS) is 12.3. The van der Waals surface area contributed by atoms with Crippen molar-refractivity contribution in [3.63, 3.8) is 0 Å². The predicted octanol–water partition coefficient (Wildman–Crippen LogP) is 2.49. The fraction of sp³-hybridized carbons (Fsp3) is 0.300. The highest BCUT2D eigenvalue weighted by Gasteiger charge is 2.11. The number of nitrogens with one attached hydrogen (secondary N) is 2. The lowest BCUT2D eigenvalue weighted by Gasteiger charge is -2.12. The van der Waals surface area contributed by atoms with Gasteiger partial charge in [-0.1, -0.05) is 11.6 Å². The lowest BCUT2D eigenvalue weighted by molar-refractivity contribution is -0.117. The molecule has 0 bridgehead atoms. The summed E-state index contributed by atoms with van der Waals surface area (Å²) in [6, 6.07) is 5.26. The van der Waals surface area contributed by atoms with Crippen LogP contribution in [0.25, 0.3) is 0 Å². The Balaban J connectivity index is 2.77. The van der Waals surface area contributed by atoms with Crippen molar-refractivity contribution in [1.82, 2.24) is 5.32 Å². The molecule has 1 amide bonds. The fourth-order valence-electron chi connectivity index (χ4n) is 0.963. The highest BCUT2D eigenvalue weighted by atomic mass is 127. The van der Waals surface area contributed by atoms with Crippen LogP contribution in [0.2, 0.25) is 5.02 Å². The van der Waals surface area contributed by atoms with Crippen molar-refractivity contribution in [2.75, 3.05) is 12.4 Å². The Hall–Kier alpha value is -0.330. The molecule has 0 aliphatic carbocycles. The molecule has 0 aliphatic rings. The van der Waals surface area contributed by atoms with E-state index in [0.717, 1.165) is 3.57 Å². The molecule has 1 aromatic rings. The van der Waals surface area contributed by atoms with Crippen molar-refractivity contribution in [1.29, 1.82) is 0 Å². The largest absolute Gasteiger partial charge is 0.323 e. The van der Waals surface area contributed by atoms with Crippen LogP contribution in [-0.4, -0.2) is 19.0 Å². The molecule has 0 saturated carbocycles. The summed E-state index contributed by atoms with van der Waals surface area (Å²) < 4.78 is 1.04. The Morgan fingerprint density at radius 2 is 2.20 bits per heavy atom. The average Bonchev–Trinajstić information content (AvgIpc) is 2.20. The van der Waals surface area contributed by atoms with E-state index >= 15 is 0 Å². The first-order valence-corrected chi connectivity index (χ1v) is 5.93. The number of hydrogen-bond donors (Lipinski definition) is 2.